The van der Waals surface area contributed by atoms with Gasteiger partial charge < -0.3 is 14.8 Å². The Kier molecular flexibility index (Phi) is 5.76. The first-order chi connectivity index (χ1) is 16.2. The van der Waals surface area contributed by atoms with E-state index in [9.17, 15) is 4.79 Å². The molecular formula is C30H47NO3. The largest absolute Gasteiger partial charge is 0.463 e. The van der Waals surface area contributed by atoms with Crippen LogP contribution in [-0.4, -0.2) is 36.4 Å². The number of carbonyl (C=O) groups is 1. The summed E-state index contributed by atoms with van der Waals surface area (Å²) in [7, 11) is 0. The van der Waals surface area contributed by atoms with E-state index >= 15 is 0 Å². The number of nitrogens with one attached hydrogen (secondary N) is 1. The van der Waals surface area contributed by atoms with Crippen LogP contribution in [0.3, 0.4) is 0 Å². The Morgan fingerprint density at radius 1 is 1.12 bits per heavy atom. The summed E-state index contributed by atoms with van der Waals surface area (Å²) in [5.41, 5.74) is 3.96. The highest BCUT2D eigenvalue weighted by molar-refractivity contribution is 5.66. The van der Waals surface area contributed by atoms with Gasteiger partial charge >= 0.3 is 5.97 Å². The fraction of sp³-hybridized carbons (Fsp3) is 0.900. The first-order valence-corrected chi connectivity index (χ1v) is 14.5. The van der Waals surface area contributed by atoms with E-state index in [-0.39, 0.29) is 17.7 Å². The minimum absolute atomic E-state index is 0.0481. The van der Waals surface area contributed by atoms with Crippen LogP contribution in [0.5, 0.6) is 0 Å². The molecule has 1 spiro atoms. The molecular weight excluding hydrogens is 422 g/mol. The zero-order valence-electron chi connectivity index (χ0n) is 22.2. The first kappa shape index (κ1) is 23.5. The van der Waals surface area contributed by atoms with Crippen molar-refractivity contribution in [1.29, 1.82) is 0 Å². The maximum atomic E-state index is 11.6. The van der Waals surface area contributed by atoms with Gasteiger partial charge in [-0.2, -0.15) is 0 Å². The number of hydrogen-bond acceptors (Lipinski definition) is 4. The minimum atomic E-state index is -0.104. The van der Waals surface area contributed by atoms with Gasteiger partial charge in [0.1, 0.15) is 6.10 Å². The number of allylic oxidation sites excluding steroid dienone is 1. The second kappa shape index (κ2) is 8.33. The molecule has 6 rings (SSSR count). The highest BCUT2D eigenvalue weighted by Gasteiger charge is 2.59. The van der Waals surface area contributed by atoms with Crippen LogP contribution in [0.2, 0.25) is 0 Å². The van der Waals surface area contributed by atoms with Crippen molar-refractivity contribution in [3.05, 3.63) is 11.1 Å². The molecule has 0 aromatic rings. The smallest absolute Gasteiger partial charge is 0.302 e. The SMILES string of the molecule is CC(=O)O[C@H]1CC[C@@]2(C)[C@H](CC[C@H]3[C@@H]4CC[C@@]5(CC(C)=C4C[C@@H]32)O[C@@H]2C[C@H](C)CN[C@H]2[C@H]5C)C1. The maximum Gasteiger partial charge on any atom is 0.302 e. The number of fused-ring (bicyclic) bond motifs is 6. The van der Waals surface area contributed by atoms with Crippen LogP contribution >= 0.6 is 0 Å². The van der Waals surface area contributed by atoms with Gasteiger partial charge in [-0.25, -0.2) is 0 Å². The van der Waals surface area contributed by atoms with E-state index in [1.165, 1.54) is 44.9 Å². The maximum absolute atomic E-state index is 11.6. The van der Waals surface area contributed by atoms with Crippen LogP contribution in [0.25, 0.3) is 0 Å². The summed E-state index contributed by atoms with van der Waals surface area (Å²) < 4.78 is 12.7. The molecule has 0 aromatic carbocycles. The molecule has 34 heavy (non-hydrogen) atoms. The van der Waals surface area contributed by atoms with E-state index < -0.39 is 0 Å². The minimum Gasteiger partial charge on any atom is -0.463 e. The lowest BCUT2D eigenvalue weighted by molar-refractivity contribution is -0.154. The number of esters is 1. The lowest BCUT2D eigenvalue weighted by atomic mass is 9.52. The molecule has 0 aromatic heterocycles. The van der Waals surface area contributed by atoms with Crippen molar-refractivity contribution in [1.82, 2.24) is 5.32 Å². The summed E-state index contributed by atoms with van der Waals surface area (Å²) in [6.45, 7) is 12.6. The number of carbonyl (C=O) groups excluding carboxylic acids is 1. The van der Waals surface area contributed by atoms with Crippen LogP contribution in [0.1, 0.15) is 98.8 Å². The van der Waals surface area contributed by atoms with E-state index in [1.54, 1.807) is 12.5 Å². The molecule has 0 amide bonds. The van der Waals surface area contributed by atoms with Crippen LogP contribution in [0.15, 0.2) is 11.1 Å². The molecule has 4 nitrogen and oxygen atoms in total. The Labute approximate surface area is 207 Å². The van der Waals surface area contributed by atoms with Gasteiger partial charge in [0.15, 0.2) is 0 Å². The Hall–Kier alpha value is -0.870. The van der Waals surface area contributed by atoms with Crippen molar-refractivity contribution < 1.29 is 14.3 Å². The first-order valence-electron chi connectivity index (χ1n) is 14.5. The summed E-state index contributed by atoms with van der Waals surface area (Å²) in [5.74, 6) is 4.38. The number of rotatable bonds is 1. The molecule has 190 valence electrons. The third-order valence-electron chi connectivity index (χ3n) is 11.9. The van der Waals surface area contributed by atoms with Crippen molar-refractivity contribution in [2.24, 2.45) is 40.9 Å². The van der Waals surface area contributed by atoms with Gasteiger partial charge in [0, 0.05) is 18.9 Å². The molecule has 0 unspecified atom stereocenters. The molecule has 5 fully saturated rings. The molecule has 2 aliphatic heterocycles. The Morgan fingerprint density at radius 2 is 1.94 bits per heavy atom. The van der Waals surface area contributed by atoms with Crippen molar-refractivity contribution >= 4 is 5.97 Å². The Balaban J connectivity index is 1.23. The Morgan fingerprint density at radius 3 is 2.74 bits per heavy atom. The predicted octanol–water partition coefficient (Wildman–Crippen LogP) is 6.04. The molecule has 0 bridgehead atoms. The van der Waals surface area contributed by atoms with Crippen LogP contribution in [0, 0.1) is 40.9 Å². The van der Waals surface area contributed by atoms with Crippen molar-refractivity contribution in [2.45, 2.75) is 123 Å². The average molecular weight is 470 g/mol. The van der Waals surface area contributed by atoms with Crippen molar-refractivity contribution in [2.75, 3.05) is 6.54 Å². The van der Waals surface area contributed by atoms with Crippen LogP contribution in [-0.2, 0) is 14.3 Å². The molecule has 0 radical (unpaired) electrons. The topological polar surface area (TPSA) is 47.6 Å². The molecule has 11 atom stereocenters. The van der Waals surface area contributed by atoms with Gasteiger partial charge in [-0.15, -0.1) is 0 Å². The fourth-order valence-electron chi connectivity index (χ4n) is 10.1. The fourth-order valence-corrected chi connectivity index (χ4v) is 10.1. The highest BCUT2D eigenvalue weighted by atomic mass is 16.5. The molecule has 4 heteroatoms. The third-order valence-corrected chi connectivity index (χ3v) is 11.9. The molecule has 3 saturated carbocycles. The van der Waals surface area contributed by atoms with Gasteiger partial charge in [0.25, 0.3) is 0 Å². The molecule has 6 aliphatic rings. The molecule has 2 heterocycles. The normalized spacial score (nSPS) is 52.4. The van der Waals surface area contributed by atoms with Gasteiger partial charge in [-0.05, 0) is 113 Å². The van der Waals surface area contributed by atoms with E-state index in [0.717, 1.165) is 55.4 Å². The number of hydrogen-bond donors (Lipinski definition) is 1. The molecule has 4 aliphatic carbocycles. The van der Waals surface area contributed by atoms with E-state index in [2.05, 4.69) is 33.0 Å². The second-order valence-electron chi connectivity index (χ2n) is 13.7. The van der Waals surface area contributed by atoms with Crippen molar-refractivity contribution in [3.63, 3.8) is 0 Å². The average Bonchev–Trinajstić information content (AvgIpc) is 3.24. The third kappa shape index (κ3) is 3.56. The Bertz CT molecular complexity index is 867. The van der Waals surface area contributed by atoms with Gasteiger partial charge in [-0.3, -0.25) is 4.79 Å². The quantitative estimate of drug-likeness (QED) is 0.375. The lowest BCUT2D eigenvalue weighted by Gasteiger charge is -2.54. The lowest BCUT2D eigenvalue weighted by Crippen LogP contribution is -2.48. The summed E-state index contributed by atoms with van der Waals surface area (Å²) in [6, 6.07) is 0.543. The molecule has 1 N–H and O–H groups in total. The van der Waals surface area contributed by atoms with Crippen LogP contribution in [0.4, 0.5) is 0 Å². The summed E-state index contributed by atoms with van der Waals surface area (Å²) in [5, 5.41) is 3.86. The van der Waals surface area contributed by atoms with Crippen molar-refractivity contribution in [3.8, 4) is 0 Å². The predicted molar refractivity (Wildman–Crippen MR) is 134 cm³/mol. The molecule has 2 saturated heterocycles. The van der Waals surface area contributed by atoms with E-state index in [0.29, 0.717) is 23.5 Å². The monoisotopic (exact) mass is 469 g/mol. The van der Waals surface area contributed by atoms with E-state index in [1.807, 2.05) is 5.57 Å². The zero-order chi connectivity index (χ0) is 23.8. The van der Waals surface area contributed by atoms with Crippen LogP contribution < -0.4 is 5.32 Å². The highest BCUT2D eigenvalue weighted by Crippen LogP contribution is 2.65. The van der Waals surface area contributed by atoms with Gasteiger partial charge in [-0.1, -0.05) is 31.9 Å². The van der Waals surface area contributed by atoms with E-state index in [4.69, 9.17) is 9.47 Å². The summed E-state index contributed by atoms with van der Waals surface area (Å²) in [6.07, 6.45) is 12.9. The van der Waals surface area contributed by atoms with Gasteiger partial charge in [0.2, 0.25) is 0 Å². The summed E-state index contributed by atoms with van der Waals surface area (Å²) in [4.78, 5) is 11.6. The number of ether oxygens (including phenoxy) is 2. The standard InChI is InChI=1S/C30H47NO3/c1-17-12-27-28(31-16-17)19(3)30(34-27)11-9-23-24-7-6-21-13-22(33-20(4)32)8-10-29(21,5)26(24)14-25(23)18(2)15-30/h17,19,21-24,26-28,31H,6-16H2,1-5H3/t17-,19+,21+,22-,23-,24-,26-,27+,28-,29-,30-/m0/s1. The summed E-state index contributed by atoms with van der Waals surface area (Å²) >= 11 is 0. The van der Waals surface area contributed by atoms with Gasteiger partial charge in [0.05, 0.1) is 11.7 Å². The second-order valence-corrected chi connectivity index (χ2v) is 13.7. The number of piperidine rings is 1. The zero-order valence-corrected chi connectivity index (χ0v) is 22.2.